The van der Waals surface area contributed by atoms with Crippen LogP contribution in [0.1, 0.15) is 43.4 Å². The molecule has 6 heteroatoms. The van der Waals surface area contributed by atoms with Crippen molar-refractivity contribution in [2.75, 3.05) is 18.9 Å². The van der Waals surface area contributed by atoms with Crippen molar-refractivity contribution in [1.82, 2.24) is 15.5 Å². The number of ether oxygens (including phenoxy) is 1. The van der Waals surface area contributed by atoms with Gasteiger partial charge in [-0.05, 0) is 20.3 Å². The molecule has 6 nitrogen and oxygen atoms in total. The maximum Gasteiger partial charge on any atom is 0.274 e. The first-order valence-electron chi connectivity index (χ1n) is 6.31. The van der Waals surface area contributed by atoms with E-state index in [1.165, 1.54) is 0 Å². The van der Waals surface area contributed by atoms with Crippen LogP contribution in [-0.4, -0.2) is 35.4 Å². The van der Waals surface area contributed by atoms with E-state index in [0.29, 0.717) is 18.9 Å². The Labute approximate surface area is 107 Å². The van der Waals surface area contributed by atoms with Gasteiger partial charge in [-0.15, -0.1) is 0 Å². The van der Waals surface area contributed by atoms with Gasteiger partial charge in [-0.1, -0.05) is 13.3 Å². The molecule has 1 heterocycles. The predicted octanol–water partition coefficient (Wildman–Crippen LogP) is 1.10. The summed E-state index contributed by atoms with van der Waals surface area (Å²) >= 11 is 0. The fourth-order valence-corrected chi connectivity index (χ4v) is 1.63. The number of anilines is 1. The van der Waals surface area contributed by atoms with Crippen molar-refractivity contribution in [3.8, 4) is 0 Å². The van der Waals surface area contributed by atoms with E-state index < -0.39 is 0 Å². The number of hydrogen-bond acceptors (Lipinski definition) is 4. The van der Waals surface area contributed by atoms with Gasteiger partial charge in [0.1, 0.15) is 0 Å². The van der Waals surface area contributed by atoms with Crippen molar-refractivity contribution in [3.05, 3.63) is 11.4 Å². The highest BCUT2D eigenvalue weighted by molar-refractivity contribution is 5.97. The zero-order valence-electron chi connectivity index (χ0n) is 11.2. The summed E-state index contributed by atoms with van der Waals surface area (Å²) < 4.78 is 5.23. The number of amides is 1. The molecule has 1 aromatic heterocycles. The summed E-state index contributed by atoms with van der Waals surface area (Å²) in [4.78, 5) is 11.9. The van der Waals surface area contributed by atoms with Gasteiger partial charge in [0.2, 0.25) is 0 Å². The molecular weight excluding hydrogens is 232 g/mol. The van der Waals surface area contributed by atoms with Crippen molar-refractivity contribution < 1.29 is 9.53 Å². The number of H-pyrrole nitrogens is 1. The molecule has 0 bridgehead atoms. The van der Waals surface area contributed by atoms with Crippen molar-refractivity contribution in [2.45, 2.75) is 39.7 Å². The third-order valence-electron chi connectivity index (χ3n) is 2.55. The first-order chi connectivity index (χ1) is 8.60. The zero-order valence-corrected chi connectivity index (χ0v) is 11.2. The van der Waals surface area contributed by atoms with Crippen molar-refractivity contribution in [3.63, 3.8) is 0 Å². The average molecular weight is 254 g/mol. The summed E-state index contributed by atoms with van der Waals surface area (Å²) in [5.74, 6) is -0.265. The van der Waals surface area contributed by atoms with E-state index in [1.54, 1.807) is 0 Å². The lowest BCUT2D eigenvalue weighted by Crippen LogP contribution is -2.36. The predicted molar refractivity (Wildman–Crippen MR) is 70.4 cm³/mol. The number of rotatable bonds is 7. The lowest BCUT2D eigenvalue weighted by Gasteiger charge is -2.12. The van der Waals surface area contributed by atoms with Crippen LogP contribution in [0.3, 0.4) is 0 Å². The Hall–Kier alpha value is -1.56. The summed E-state index contributed by atoms with van der Waals surface area (Å²) in [5, 5.41) is 9.57. The van der Waals surface area contributed by atoms with E-state index in [2.05, 4.69) is 15.5 Å². The maximum atomic E-state index is 11.9. The molecule has 0 aliphatic carbocycles. The minimum absolute atomic E-state index is 0.0665. The number of nitrogen functional groups attached to an aromatic ring is 1. The summed E-state index contributed by atoms with van der Waals surface area (Å²) in [6.07, 6.45) is 1.74. The lowest BCUT2D eigenvalue weighted by molar-refractivity contribution is 0.0868. The van der Waals surface area contributed by atoms with Gasteiger partial charge in [0.25, 0.3) is 5.91 Å². The molecule has 4 N–H and O–H groups in total. The van der Waals surface area contributed by atoms with Crippen LogP contribution in [0.15, 0.2) is 0 Å². The molecule has 1 atom stereocenters. The summed E-state index contributed by atoms with van der Waals surface area (Å²) in [5.41, 5.74) is 7.41. The van der Waals surface area contributed by atoms with Crippen LogP contribution in [0.5, 0.6) is 0 Å². The second-order valence-corrected chi connectivity index (χ2v) is 4.25. The molecule has 1 amide bonds. The molecular formula is C12H22N4O2. The molecule has 1 rings (SSSR count). The SMILES string of the molecule is CCCc1[nH]nc(C(=O)NC(C)COCC)c1N. The summed E-state index contributed by atoms with van der Waals surface area (Å²) in [7, 11) is 0. The Balaban J connectivity index is 2.61. The van der Waals surface area contributed by atoms with Crippen LogP contribution in [-0.2, 0) is 11.2 Å². The highest BCUT2D eigenvalue weighted by atomic mass is 16.5. The molecule has 0 aromatic carbocycles. The van der Waals surface area contributed by atoms with Crippen molar-refractivity contribution in [1.29, 1.82) is 0 Å². The average Bonchev–Trinajstić information content (AvgIpc) is 2.69. The van der Waals surface area contributed by atoms with E-state index in [-0.39, 0.29) is 17.6 Å². The zero-order chi connectivity index (χ0) is 13.5. The molecule has 0 radical (unpaired) electrons. The van der Waals surface area contributed by atoms with E-state index in [9.17, 15) is 4.79 Å². The fourth-order valence-electron chi connectivity index (χ4n) is 1.63. The number of nitrogens with one attached hydrogen (secondary N) is 2. The fraction of sp³-hybridized carbons (Fsp3) is 0.667. The molecule has 102 valence electrons. The minimum Gasteiger partial charge on any atom is -0.395 e. The third kappa shape index (κ3) is 3.73. The van der Waals surface area contributed by atoms with E-state index in [0.717, 1.165) is 18.5 Å². The van der Waals surface area contributed by atoms with Gasteiger partial charge in [0.15, 0.2) is 5.69 Å². The molecule has 0 spiro atoms. The van der Waals surface area contributed by atoms with Gasteiger partial charge in [-0.25, -0.2) is 0 Å². The van der Waals surface area contributed by atoms with Gasteiger partial charge < -0.3 is 15.8 Å². The molecule has 1 aromatic rings. The Bertz CT molecular complexity index is 389. The number of hydrogen-bond donors (Lipinski definition) is 3. The first-order valence-corrected chi connectivity index (χ1v) is 6.31. The highest BCUT2D eigenvalue weighted by Gasteiger charge is 2.18. The Morgan fingerprint density at radius 3 is 2.89 bits per heavy atom. The second-order valence-electron chi connectivity index (χ2n) is 4.25. The topological polar surface area (TPSA) is 93.0 Å². The van der Waals surface area contributed by atoms with Crippen molar-refractivity contribution >= 4 is 11.6 Å². The Kier molecular flexibility index (Phi) is 5.64. The molecule has 0 fully saturated rings. The lowest BCUT2D eigenvalue weighted by atomic mass is 10.2. The van der Waals surface area contributed by atoms with Crippen LogP contribution in [0.25, 0.3) is 0 Å². The van der Waals surface area contributed by atoms with Crippen LogP contribution < -0.4 is 11.1 Å². The van der Waals surface area contributed by atoms with Gasteiger partial charge in [0, 0.05) is 12.6 Å². The van der Waals surface area contributed by atoms with Crippen LogP contribution in [0, 0.1) is 0 Å². The standard InChI is InChI=1S/C12H22N4O2/c1-4-6-9-10(13)11(16-15-9)12(17)14-8(3)7-18-5-2/h8H,4-7,13H2,1-3H3,(H,14,17)(H,15,16). The largest absolute Gasteiger partial charge is 0.395 e. The summed E-state index contributed by atoms with van der Waals surface area (Å²) in [6.45, 7) is 6.95. The smallest absolute Gasteiger partial charge is 0.274 e. The molecule has 0 saturated heterocycles. The quantitative estimate of drug-likeness (QED) is 0.679. The highest BCUT2D eigenvalue weighted by Crippen LogP contribution is 2.15. The molecule has 0 saturated carbocycles. The molecule has 0 aliphatic rings. The number of carbonyl (C=O) groups is 1. The monoisotopic (exact) mass is 254 g/mol. The number of nitrogens with two attached hydrogens (primary N) is 1. The van der Waals surface area contributed by atoms with E-state index in [1.807, 2.05) is 20.8 Å². The number of nitrogens with zero attached hydrogens (tertiary/aromatic N) is 1. The Morgan fingerprint density at radius 2 is 2.28 bits per heavy atom. The summed E-state index contributed by atoms with van der Waals surface area (Å²) in [6, 6.07) is -0.0665. The normalized spacial score (nSPS) is 12.4. The number of aromatic amines is 1. The molecule has 1 unspecified atom stereocenters. The van der Waals surface area contributed by atoms with E-state index in [4.69, 9.17) is 10.5 Å². The molecule has 0 aliphatic heterocycles. The van der Waals surface area contributed by atoms with Gasteiger partial charge in [-0.3, -0.25) is 9.89 Å². The van der Waals surface area contributed by atoms with Gasteiger partial charge in [-0.2, -0.15) is 5.10 Å². The van der Waals surface area contributed by atoms with Gasteiger partial charge >= 0.3 is 0 Å². The number of aromatic nitrogens is 2. The van der Waals surface area contributed by atoms with E-state index >= 15 is 0 Å². The first kappa shape index (κ1) is 14.5. The Morgan fingerprint density at radius 1 is 1.56 bits per heavy atom. The number of aryl methyl sites for hydroxylation is 1. The van der Waals surface area contributed by atoms with Crippen LogP contribution >= 0.6 is 0 Å². The third-order valence-corrected chi connectivity index (χ3v) is 2.55. The number of carbonyl (C=O) groups excluding carboxylic acids is 1. The van der Waals surface area contributed by atoms with Crippen LogP contribution in [0.4, 0.5) is 5.69 Å². The van der Waals surface area contributed by atoms with Crippen LogP contribution in [0.2, 0.25) is 0 Å². The molecule has 18 heavy (non-hydrogen) atoms. The maximum absolute atomic E-state index is 11.9. The van der Waals surface area contributed by atoms with Gasteiger partial charge in [0.05, 0.1) is 18.0 Å². The van der Waals surface area contributed by atoms with Crippen molar-refractivity contribution in [2.24, 2.45) is 0 Å². The second kappa shape index (κ2) is 7.00. The minimum atomic E-state index is -0.265.